The first-order valence-corrected chi connectivity index (χ1v) is 9.22. The minimum Gasteiger partial charge on any atom is -0.497 e. The minimum absolute atomic E-state index is 0.0768. The van der Waals surface area contributed by atoms with Crippen molar-refractivity contribution >= 4 is 37.6 Å². The van der Waals surface area contributed by atoms with Crippen molar-refractivity contribution < 1.29 is 27.4 Å². The van der Waals surface area contributed by atoms with E-state index in [-0.39, 0.29) is 21.9 Å². The van der Waals surface area contributed by atoms with Crippen LogP contribution in [-0.2, 0) is 14.8 Å². The number of carbonyl (C=O) groups excluding carboxylic acids is 1. The number of carbonyl (C=O) groups is 1. The number of halogens is 1. The van der Waals surface area contributed by atoms with Gasteiger partial charge in [-0.05, 0) is 30.3 Å². The van der Waals surface area contributed by atoms with Crippen LogP contribution in [0, 0.1) is 0 Å². The van der Waals surface area contributed by atoms with Crippen molar-refractivity contribution in [2.45, 2.75) is 4.90 Å². The van der Waals surface area contributed by atoms with Crippen molar-refractivity contribution in [1.82, 2.24) is 0 Å². The predicted octanol–water partition coefficient (Wildman–Crippen LogP) is 3.05. The highest BCUT2D eigenvalue weighted by atomic mass is 79.9. The predicted molar refractivity (Wildman–Crippen MR) is 95.8 cm³/mol. The van der Waals surface area contributed by atoms with Gasteiger partial charge in [0.05, 0.1) is 32.6 Å². The van der Waals surface area contributed by atoms with E-state index in [4.69, 9.17) is 14.2 Å². The molecule has 0 fully saturated rings. The van der Waals surface area contributed by atoms with Crippen LogP contribution in [0.5, 0.6) is 11.5 Å². The molecule has 2 aromatic carbocycles. The zero-order chi connectivity index (χ0) is 18.6. The summed E-state index contributed by atoms with van der Waals surface area (Å²) in [6, 6.07) is 8.85. The van der Waals surface area contributed by atoms with E-state index >= 15 is 0 Å². The SMILES string of the molecule is COC(=O)c1cc(Br)ccc1NS(=O)(=O)c1ccc(OC)cc1OC. The summed E-state index contributed by atoms with van der Waals surface area (Å²) in [5.74, 6) is -0.0982. The quantitative estimate of drug-likeness (QED) is 0.709. The molecule has 25 heavy (non-hydrogen) atoms. The third-order valence-electron chi connectivity index (χ3n) is 3.29. The first-order chi connectivity index (χ1) is 11.8. The molecule has 2 aromatic rings. The zero-order valence-corrected chi connectivity index (χ0v) is 16.1. The number of sulfonamides is 1. The first-order valence-electron chi connectivity index (χ1n) is 6.95. The number of hydrogen-bond acceptors (Lipinski definition) is 6. The Morgan fingerprint density at radius 3 is 2.36 bits per heavy atom. The second-order valence-electron chi connectivity index (χ2n) is 4.80. The molecule has 0 spiro atoms. The van der Waals surface area contributed by atoms with Gasteiger partial charge in [0.15, 0.2) is 0 Å². The summed E-state index contributed by atoms with van der Waals surface area (Å²) in [6.07, 6.45) is 0. The van der Waals surface area contributed by atoms with E-state index in [0.717, 1.165) is 0 Å². The molecular weight excluding hydrogens is 414 g/mol. The van der Waals surface area contributed by atoms with E-state index in [1.807, 2.05) is 0 Å². The molecule has 0 bridgehead atoms. The van der Waals surface area contributed by atoms with Gasteiger partial charge < -0.3 is 14.2 Å². The number of nitrogens with one attached hydrogen (secondary N) is 1. The average Bonchev–Trinajstić information content (AvgIpc) is 2.61. The van der Waals surface area contributed by atoms with Gasteiger partial charge in [0.2, 0.25) is 0 Å². The van der Waals surface area contributed by atoms with Crippen molar-refractivity contribution in [3.63, 3.8) is 0 Å². The highest BCUT2D eigenvalue weighted by Gasteiger charge is 2.23. The molecule has 0 amide bonds. The number of anilines is 1. The van der Waals surface area contributed by atoms with E-state index in [1.54, 1.807) is 6.07 Å². The average molecular weight is 430 g/mol. The highest BCUT2D eigenvalue weighted by molar-refractivity contribution is 9.10. The molecule has 0 aliphatic carbocycles. The number of methoxy groups -OCH3 is 3. The van der Waals surface area contributed by atoms with Gasteiger partial charge in [0.25, 0.3) is 10.0 Å². The van der Waals surface area contributed by atoms with E-state index in [0.29, 0.717) is 10.2 Å². The number of ether oxygens (including phenoxy) is 3. The summed E-state index contributed by atoms with van der Waals surface area (Å²) in [5, 5.41) is 0. The van der Waals surface area contributed by atoms with Gasteiger partial charge in [0, 0.05) is 10.5 Å². The molecule has 0 atom stereocenters. The molecule has 134 valence electrons. The maximum atomic E-state index is 12.7. The molecule has 2 rings (SSSR count). The van der Waals surface area contributed by atoms with Crippen LogP contribution in [0.4, 0.5) is 5.69 Å². The van der Waals surface area contributed by atoms with Crippen LogP contribution in [0.15, 0.2) is 45.8 Å². The molecule has 1 N–H and O–H groups in total. The van der Waals surface area contributed by atoms with Crippen molar-refractivity contribution in [1.29, 1.82) is 0 Å². The van der Waals surface area contributed by atoms with Gasteiger partial charge in [0.1, 0.15) is 16.4 Å². The van der Waals surface area contributed by atoms with E-state index in [2.05, 4.69) is 20.7 Å². The number of benzene rings is 2. The minimum atomic E-state index is -4.01. The van der Waals surface area contributed by atoms with Crippen molar-refractivity contribution in [3.8, 4) is 11.5 Å². The summed E-state index contributed by atoms with van der Waals surface area (Å²) in [4.78, 5) is 11.8. The lowest BCUT2D eigenvalue weighted by Gasteiger charge is -2.14. The smallest absolute Gasteiger partial charge is 0.340 e. The maximum Gasteiger partial charge on any atom is 0.340 e. The molecule has 0 unspecified atom stereocenters. The van der Waals surface area contributed by atoms with Crippen molar-refractivity contribution in [2.75, 3.05) is 26.1 Å². The molecule has 0 aliphatic rings. The van der Waals surface area contributed by atoms with Crippen LogP contribution in [0.25, 0.3) is 0 Å². The number of esters is 1. The van der Waals surface area contributed by atoms with Crippen LogP contribution < -0.4 is 14.2 Å². The Morgan fingerprint density at radius 2 is 1.76 bits per heavy atom. The van der Waals surface area contributed by atoms with Crippen LogP contribution in [0.3, 0.4) is 0 Å². The Hall–Kier alpha value is -2.26. The lowest BCUT2D eigenvalue weighted by Crippen LogP contribution is -2.17. The van der Waals surface area contributed by atoms with E-state index in [9.17, 15) is 13.2 Å². The van der Waals surface area contributed by atoms with Gasteiger partial charge in [-0.25, -0.2) is 13.2 Å². The summed E-state index contributed by atoms with van der Waals surface area (Å²) in [7, 11) is 0.0229. The maximum absolute atomic E-state index is 12.7. The summed E-state index contributed by atoms with van der Waals surface area (Å²) in [6.45, 7) is 0. The van der Waals surface area contributed by atoms with Gasteiger partial charge in [-0.15, -0.1) is 0 Å². The third-order valence-corrected chi connectivity index (χ3v) is 5.19. The van der Waals surface area contributed by atoms with Crippen LogP contribution in [0.1, 0.15) is 10.4 Å². The second-order valence-corrected chi connectivity index (χ2v) is 7.37. The van der Waals surface area contributed by atoms with Crippen molar-refractivity contribution in [2.24, 2.45) is 0 Å². The lowest BCUT2D eigenvalue weighted by atomic mass is 10.2. The summed E-state index contributed by atoms with van der Waals surface area (Å²) in [5.41, 5.74) is 0.167. The normalized spacial score (nSPS) is 10.9. The number of hydrogen-bond donors (Lipinski definition) is 1. The van der Waals surface area contributed by atoms with E-state index in [1.165, 1.54) is 51.7 Å². The third kappa shape index (κ3) is 4.23. The fraction of sp³-hybridized carbons (Fsp3) is 0.188. The standard InChI is InChI=1S/C16H16BrNO6S/c1-22-11-5-7-15(14(9-11)23-2)25(20,21)18-13-6-4-10(17)8-12(13)16(19)24-3/h4-9,18H,1-3H3. The highest BCUT2D eigenvalue weighted by Crippen LogP contribution is 2.31. The zero-order valence-electron chi connectivity index (χ0n) is 13.7. The molecule has 0 radical (unpaired) electrons. The Bertz CT molecular complexity index is 897. The monoisotopic (exact) mass is 429 g/mol. The van der Waals surface area contributed by atoms with Crippen LogP contribution >= 0.6 is 15.9 Å². The van der Waals surface area contributed by atoms with Gasteiger partial charge in [-0.1, -0.05) is 15.9 Å². The first kappa shape index (κ1) is 19.1. The molecule has 0 aliphatic heterocycles. The Balaban J connectivity index is 2.48. The fourth-order valence-corrected chi connectivity index (χ4v) is 3.67. The molecule has 0 heterocycles. The Kier molecular flexibility index (Phi) is 5.91. The van der Waals surface area contributed by atoms with Gasteiger partial charge in [-0.2, -0.15) is 0 Å². The molecular formula is C16H16BrNO6S. The van der Waals surface area contributed by atoms with E-state index < -0.39 is 16.0 Å². The molecule has 7 nitrogen and oxygen atoms in total. The molecule has 0 saturated carbocycles. The largest absolute Gasteiger partial charge is 0.497 e. The summed E-state index contributed by atoms with van der Waals surface area (Å²) < 4.78 is 43.3. The molecule has 0 saturated heterocycles. The van der Waals surface area contributed by atoms with Gasteiger partial charge in [-0.3, -0.25) is 4.72 Å². The molecule has 0 aromatic heterocycles. The lowest BCUT2D eigenvalue weighted by molar-refractivity contribution is 0.0602. The fourth-order valence-electron chi connectivity index (χ4n) is 2.08. The second kappa shape index (κ2) is 7.75. The van der Waals surface area contributed by atoms with Crippen LogP contribution in [0.2, 0.25) is 0 Å². The number of rotatable bonds is 6. The van der Waals surface area contributed by atoms with Crippen LogP contribution in [-0.4, -0.2) is 35.7 Å². The summed E-state index contributed by atoms with van der Waals surface area (Å²) >= 11 is 3.24. The van der Waals surface area contributed by atoms with Crippen molar-refractivity contribution in [3.05, 3.63) is 46.4 Å². The molecule has 9 heteroatoms. The topological polar surface area (TPSA) is 90.9 Å². The van der Waals surface area contributed by atoms with Gasteiger partial charge >= 0.3 is 5.97 Å². The Labute approximate surface area is 154 Å². The Morgan fingerprint density at radius 1 is 1.04 bits per heavy atom.